The lowest BCUT2D eigenvalue weighted by molar-refractivity contribution is -0.136. The lowest BCUT2D eigenvalue weighted by Gasteiger charge is -2.37. The number of aromatic nitrogens is 2. The van der Waals surface area contributed by atoms with Gasteiger partial charge in [-0.25, -0.2) is 4.79 Å². The predicted octanol–water partition coefficient (Wildman–Crippen LogP) is 1.60. The van der Waals surface area contributed by atoms with E-state index in [9.17, 15) is 14.4 Å². The van der Waals surface area contributed by atoms with Crippen molar-refractivity contribution in [3.8, 4) is 0 Å². The number of nitrogens with zero attached hydrogens (tertiary/aromatic N) is 2. The van der Waals surface area contributed by atoms with Crippen LogP contribution in [0.1, 0.15) is 46.5 Å². The van der Waals surface area contributed by atoms with E-state index in [0.29, 0.717) is 6.42 Å². The molecule has 1 aliphatic heterocycles. The molecule has 0 bridgehead atoms. The molecule has 1 aromatic rings. The van der Waals surface area contributed by atoms with E-state index in [0.717, 1.165) is 19.4 Å². The van der Waals surface area contributed by atoms with Crippen LogP contribution in [-0.4, -0.2) is 62.2 Å². The summed E-state index contributed by atoms with van der Waals surface area (Å²) in [7, 11) is 0. The van der Waals surface area contributed by atoms with Crippen molar-refractivity contribution in [2.24, 2.45) is 0 Å². The number of likely N-dealkylation sites (tertiary alicyclic amines) is 1. The normalized spacial score (nSPS) is 18.9. The van der Waals surface area contributed by atoms with Crippen molar-refractivity contribution in [1.29, 1.82) is 0 Å². The number of nitrogens with one attached hydrogen (secondary N) is 3. The number of ketones is 1. The molecule has 26 heavy (non-hydrogen) atoms. The molecule has 0 spiro atoms. The first-order chi connectivity index (χ1) is 12.2. The summed E-state index contributed by atoms with van der Waals surface area (Å²) in [6.07, 6.45) is 3.21. The molecule has 1 aromatic heterocycles. The zero-order chi connectivity index (χ0) is 19.3. The fourth-order valence-corrected chi connectivity index (χ4v) is 3.59. The number of H-pyrrole nitrogens is 1. The number of carbonyl (C=O) groups is 3. The Kier molecular flexibility index (Phi) is 6.36. The van der Waals surface area contributed by atoms with Crippen molar-refractivity contribution in [3.05, 3.63) is 12.3 Å². The Morgan fingerprint density at radius 1 is 1.38 bits per heavy atom. The van der Waals surface area contributed by atoms with E-state index < -0.39 is 23.8 Å². The first-order valence-corrected chi connectivity index (χ1v) is 8.81. The van der Waals surface area contributed by atoms with Gasteiger partial charge in [-0.3, -0.25) is 19.6 Å². The first kappa shape index (κ1) is 19.9. The van der Waals surface area contributed by atoms with E-state index in [2.05, 4.69) is 46.5 Å². The van der Waals surface area contributed by atoms with Gasteiger partial charge in [0.1, 0.15) is 11.9 Å². The number of Topliss-reactive ketones (excluding diaryl/α,β-unsaturated/α-hetero) is 1. The monoisotopic (exact) mass is 365 g/mol. The van der Waals surface area contributed by atoms with Crippen LogP contribution in [0.2, 0.25) is 0 Å². The smallest absolute Gasteiger partial charge is 0.405 e. The molecule has 144 valence electrons. The number of hydrogen-bond acceptors (Lipinski definition) is 5. The maximum absolute atomic E-state index is 12.4. The summed E-state index contributed by atoms with van der Waals surface area (Å²) in [4.78, 5) is 37.9. The highest BCUT2D eigenvalue weighted by Gasteiger charge is 2.35. The van der Waals surface area contributed by atoms with Gasteiger partial charge < -0.3 is 15.7 Å². The van der Waals surface area contributed by atoms with Crippen molar-refractivity contribution in [2.75, 3.05) is 11.9 Å². The van der Waals surface area contributed by atoms with Gasteiger partial charge in [0.2, 0.25) is 5.78 Å². The summed E-state index contributed by atoms with van der Waals surface area (Å²) >= 11 is 0. The van der Waals surface area contributed by atoms with E-state index in [4.69, 9.17) is 5.11 Å². The molecule has 1 saturated heterocycles. The number of aromatic amines is 1. The average Bonchev–Trinajstić information content (AvgIpc) is 3.18. The molecule has 1 aliphatic rings. The minimum atomic E-state index is -1.33. The molecule has 0 aliphatic carbocycles. The molecule has 2 rings (SSSR count). The SMILES string of the molecule is CC(CC[C@H](NC(=O)O)C(=O)C(=O)Nc1ccn[nH]1)N1CCCC1(C)C. The molecular weight excluding hydrogens is 338 g/mol. The van der Waals surface area contributed by atoms with E-state index in [1.807, 2.05) is 0 Å². The lowest BCUT2D eigenvalue weighted by atomic mass is 9.97. The van der Waals surface area contributed by atoms with E-state index >= 15 is 0 Å². The van der Waals surface area contributed by atoms with E-state index in [-0.39, 0.29) is 23.8 Å². The highest BCUT2D eigenvalue weighted by Crippen LogP contribution is 2.31. The molecule has 0 aromatic carbocycles. The van der Waals surface area contributed by atoms with E-state index in [1.165, 1.54) is 12.3 Å². The van der Waals surface area contributed by atoms with Crippen LogP contribution in [0.15, 0.2) is 12.3 Å². The first-order valence-electron chi connectivity index (χ1n) is 8.81. The minimum absolute atomic E-state index is 0.0944. The van der Waals surface area contributed by atoms with Crippen LogP contribution in [0.4, 0.5) is 10.6 Å². The van der Waals surface area contributed by atoms with Gasteiger partial charge in [-0.15, -0.1) is 0 Å². The van der Waals surface area contributed by atoms with Crippen LogP contribution in [0.25, 0.3) is 0 Å². The Balaban J connectivity index is 1.96. The van der Waals surface area contributed by atoms with Crippen LogP contribution in [0, 0.1) is 0 Å². The summed E-state index contributed by atoms with van der Waals surface area (Å²) in [5.74, 6) is -1.40. The van der Waals surface area contributed by atoms with Crippen molar-refractivity contribution in [2.45, 2.75) is 64.1 Å². The highest BCUT2D eigenvalue weighted by molar-refractivity contribution is 6.42. The number of anilines is 1. The van der Waals surface area contributed by atoms with Gasteiger partial charge in [-0.05, 0) is 53.0 Å². The summed E-state index contributed by atoms with van der Waals surface area (Å²) < 4.78 is 0. The van der Waals surface area contributed by atoms with Gasteiger partial charge in [0, 0.05) is 17.6 Å². The summed E-state index contributed by atoms with van der Waals surface area (Å²) in [6.45, 7) is 7.43. The molecule has 2 atom stereocenters. The van der Waals surface area contributed by atoms with Crippen LogP contribution in [-0.2, 0) is 9.59 Å². The third-order valence-corrected chi connectivity index (χ3v) is 4.96. The summed E-state index contributed by atoms with van der Waals surface area (Å²) in [5.41, 5.74) is 0.0944. The molecule has 9 nitrogen and oxygen atoms in total. The van der Waals surface area contributed by atoms with Crippen molar-refractivity contribution in [3.63, 3.8) is 0 Å². The molecule has 0 saturated carbocycles. The molecule has 0 radical (unpaired) electrons. The predicted molar refractivity (Wildman–Crippen MR) is 95.9 cm³/mol. The Morgan fingerprint density at radius 2 is 2.12 bits per heavy atom. The maximum Gasteiger partial charge on any atom is 0.405 e. The molecule has 1 unspecified atom stereocenters. The van der Waals surface area contributed by atoms with Gasteiger partial charge in [-0.1, -0.05) is 0 Å². The van der Waals surface area contributed by atoms with Gasteiger partial charge in [-0.2, -0.15) is 5.10 Å². The van der Waals surface area contributed by atoms with Gasteiger partial charge >= 0.3 is 6.09 Å². The molecule has 4 N–H and O–H groups in total. The number of hydrogen-bond donors (Lipinski definition) is 4. The van der Waals surface area contributed by atoms with Crippen LogP contribution in [0.3, 0.4) is 0 Å². The fraction of sp³-hybridized carbons (Fsp3) is 0.647. The maximum atomic E-state index is 12.4. The second kappa shape index (κ2) is 8.31. The molecule has 9 heteroatoms. The van der Waals surface area contributed by atoms with Gasteiger partial charge in [0.25, 0.3) is 5.91 Å². The third-order valence-electron chi connectivity index (χ3n) is 4.96. The fourth-order valence-electron chi connectivity index (χ4n) is 3.59. The molecule has 2 amide bonds. The topological polar surface area (TPSA) is 127 Å². The van der Waals surface area contributed by atoms with Gasteiger partial charge in [0.05, 0.1) is 6.20 Å². The standard InChI is InChI=1S/C17H27N5O4/c1-11(22-10-4-8-17(22,2)3)5-6-12(19-16(25)26)14(23)15(24)20-13-7-9-18-21-13/h7,9,11-12,19H,4-6,8,10H2,1-3H3,(H,25,26)(H2,18,20,21,24)/t11?,12-/m0/s1. The zero-order valence-corrected chi connectivity index (χ0v) is 15.4. The van der Waals surface area contributed by atoms with Crippen LogP contribution < -0.4 is 10.6 Å². The summed E-state index contributed by atoms with van der Waals surface area (Å²) in [6, 6.07) is 0.611. The second-order valence-electron chi connectivity index (χ2n) is 7.33. The van der Waals surface area contributed by atoms with Crippen molar-refractivity contribution >= 4 is 23.6 Å². The van der Waals surface area contributed by atoms with Gasteiger partial charge in [0.15, 0.2) is 0 Å². The Hall–Kier alpha value is -2.42. The molecular formula is C17H27N5O4. The molecule has 1 fully saturated rings. The summed E-state index contributed by atoms with van der Waals surface area (Å²) in [5, 5.41) is 19.8. The minimum Gasteiger partial charge on any atom is -0.465 e. The number of amides is 2. The van der Waals surface area contributed by atoms with E-state index in [1.54, 1.807) is 0 Å². The van der Waals surface area contributed by atoms with Crippen LogP contribution in [0.5, 0.6) is 0 Å². The van der Waals surface area contributed by atoms with Crippen LogP contribution >= 0.6 is 0 Å². The number of rotatable bonds is 8. The second-order valence-corrected chi connectivity index (χ2v) is 7.33. The Morgan fingerprint density at radius 3 is 2.65 bits per heavy atom. The number of carbonyl (C=O) groups excluding carboxylic acids is 2. The number of carboxylic acid groups (broad SMARTS) is 1. The quantitative estimate of drug-likeness (QED) is 0.518. The molecule has 2 heterocycles. The average molecular weight is 365 g/mol. The zero-order valence-electron chi connectivity index (χ0n) is 15.4. The third kappa shape index (κ3) is 5.04. The lowest BCUT2D eigenvalue weighted by Crippen LogP contribution is -2.48. The largest absolute Gasteiger partial charge is 0.465 e. The highest BCUT2D eigenvalue weighted by atomic mass is 16.4. The van der Waals surface area contributed by atoms with Crippen molar-refractivity contribution in [1.82, 2.24) is 20.4 Å². The van der Waals surface area contributed by atoms with Crippen molar-refractivity contribution < 1.29 is 19.5 Å². The Labute approximate surface area is 152 Å². The Bertz CT molecular complexity index is 644.